The zero-order valence-corrected chi connectivity index (χ0v) is 15.2. The maximum atomic E-state index is 9.56. The highest BCUT2D eigenvalue weighted by atomic mass is 79.9. The van der Waals surface area contributed by atoms with Crippen LogP contribution in [0.3, 0.4) is 0 Å². The van der Waals surface area contributed by atoms with Crippen LogP contribution < -0.4 is 10.1 Å². The number of ether oxygens (including phenoxy) is 1. The van der Waals surface area contributed by atoms with Gasteiger partial charge in [0.2, 0.25) is 5.95 Å². The van der Waals surface area contributed by atoms with Crippen molar-refractivity contribution >= 4 is 32.9 Å². The third-order valence-corrected chi connectivity index (χ3v) is 4.27. The van der Waals surface area contributed by atoms with Gasteiger partial charge in [-0.3, -0.25) is 0 Å². The molecule has 0 spiro atoms. The number of halogens is 1. The summed E-state index contributed by atoms with van der Waals surface area (Å²) in [5.41, 5.74) is 3.00. The van der Waals surface area contributed by atoms with Gasteiger partial charge < -0.3 is 19.7 Å². The number of imidazole rings is 1. The number of methoxy groups -OCH3 is 1. The van der Waals surface area contributed by atoms with Crippen LogP contribution in [0.1, 0.15) is 12.5 Å². The first-order valence-electron chi connectivity index (χ1n) is 7.78. The molecule has 1 atom stereocenters. The highest BCUT2D eigenvalue weighted by Crippen LogP contribution is 2.27. The minimum absolute atomic E-state index is 0.443. The van der Waals surface area contributed by atoms with E-state index in [4.69, 9.17) is 4.74 Å². The molecule has 0 aliphatic carbocycles. The Kier molecular flexibility index (Phi) is 5.06. The fourth-order valence-electron chi connectivity index (χ4n) is 2.65. The molecule has 0 radical (unpaired) electrons. The molecule has 0 saturated carbocycles. The van der Waals surface area contributed by atoms with Crippen LogP contribution in [-0.2, 0) is 6.54 Å². The van der Waals surface area contributed by atoms with Gasteiger partial charge in [-0.2, -0.15) is 0 Å². The Morgan fingerprint density at radius 2 is 2.08 bits per heavy atom. The van der Waals surface area contributed by atoms with Gasteiger partial charge in [-0.25, -0.2) is 4.98 Å². The van der Waals surface area contributed by atoms with E-state index in [1.807, 2.05) is 42.5 Å². The Hall–Kier alpha value is -2.05. The number of aromatic nitrogens is 2. The number of fused-ring (bicyclic) bond motifs is 1. The maximum absolute atomic E-state index is 9.56. The Bertz CT molecular complexity index is 845. The lowest BCUT2D eigenvalue weighted by Gasteiger charge is -2.14. The minimum Gasteiger partial charge on any atom is -0.496 e. The predicted octanol–water partition coefficient (Wildman–Crippen LogP) is 3.65. The van der Waals surface area contributed by atoms with Crippen LogP contribution in [0.5, 0.6) is 5.75 Å². The summed E-state index contributed by atoms with van der Waals surface area (Å²) in [5, 5.41) is 12.8. The summed E-state index contributed by atoms with van der Waals surface area (Å²) in [7, 11) is 1.67. The molecule has 0 aliphatic heterocycles. The van der Waals surface area contributed by atoms with Gasteiger partial charge in [-0.05, 0) is 37.3 Å². The van der Waals surface area contributed by atoms with E-state index in [0.717, 1.165) is 32.8 Å². The van der Waals surface area contributed by atoms with E-state index >= 15 is 0 Å². The molecular formula is C18H20BrN3O2. The van der Waals surface area contributed by atoms with E-state index < -0.39 is 6.10 Å². The summed E-state index contributed by atoms with van der Waals surface area (Å²) in [6.45, 7) is 2.81. The molecule has 0 amide bonds. The molecule has 1 heterocycles. The number of benzene rings is 2. The molecule has 1 unspecified atom stereocenters. The molecule has 24 heavy (non-hydrogen) atoms. The standard InChI is InChI=1S/C18H20BrN3O2/c1-12(23)10-20-18-21-15-5-3-4-6-16(15)22(18)11-13-9-14(19)7-8-17(13)24-2/h3-9,12,23H,10-11H2,1-2H3,(H,20,21). The smallest absolute Gasteiger partial charge is 0.204 e. The lowest BCUT2D eigenvalue weighted by molar-refractivity contribution is 0.208. The molecule has 3 aromatic rings. The normalized spacial score (nSPS) is 12.3. The third-order valence-electron chi connectivity index (χ3n) is 3.78. The zero-order chi connectivity index (χ0) is 17.1. The molecule has 126 valence electrons. The van der Waals surface area contributed by atoms with E-state index in [-0.39, 0.29) is 0 Å². The van der Waals surface area contributed by atoms with Gasteiger partial charge in [0.15, 0.2) is 0 Å². The number of rotatable bonds is 6. The highest BCUT2D eigenvalue weighted by molar-refractivity contribution is 9.10. The van der Waals surface area contributed by atoms with Gasteiger partial charge in [-0.1, -0.05) is 28.1 Å². The van der Waals surface area contributed by atoms with E-state index in [1.165, 1.54) is 0 Å². The summed E-state index contributed by atoms with van der Waals surface area (Å²) in [6.07, 6.45) is -0.446. The zero-order valence-electron chi connectivity index (χ0n) is 13.7. The third kappa shape index (κ3) is 3.55. The Balaban J connectivity index is 2.04. The van der Waals surface area contributed by atoms with Gasteiger partial charge in [0.1, 0.15) is 5.75 Å². The van der Waals surface area contributed by atoms with Crippen molar-refractivity contribution in [3.8, 4) is 5.75 Å². The molecule has 1 aromatic heterocycles. The average molecular weight is 390 g/mol. The minimum atomic E-state index is -0.446. The van der Waals surface area contributed by atoms with E-state index in [1.54, 1.807) is 14.0 Å². The van der Waals surface area contributed by atoms with E-state index in [9.17, 15) is 5.11 Å². The van der Waals surface area contributed by atoms with Crippen molar-refractivity contribution in [3.63, 3.8) is 0 Å². The van der Waals surface area contributed by atoms with Crippen molar-refractivity contribution in [2.75, 3.05) is 19.0 Å². The first-order chi connectivity index (χ1) is 11.6. The summed E-state index contributed by atoms with van der Waals surface area (Å²) >= 11 is 3.52. The number of aliphatic hydroxyl groups excluding tert-OH is 1. The van der Waals surface area contributed by atoms with Crippen molar-refractivity contribution in [1.29, 1.82) is 0 Å². The topological polar surface area (TPSA) is 59.3 Å². The predicted molar refractivity (Wildman–Crippen MR) is 99.7 cm³/mol. The fraction of sp³-hybridized carbons (Fsp3) is 0.278. The van der Waals surface area contributed by atoms with Gasteiger partial charge in [-0.15, -0.1) is 0 Å². The second-order valence-electron chi connectivity index (χ2n) is 5.70. The molecule has 0 aliphatic rings. The summed E-state index contributed by atoms with van der Waals surface area (Å²) in [5.74, 6) is 1.57. The van der Waals surface area contributed by atoms with Crippen LogP contribution in [0.2, 0.25) is 0 Å². The van der Waals surface area contributed by atoms with E-state index in [2.05, 4.69) is 30.8 Å². The SMILES string of the molecule is COc1ccc(Br)cc1Cn1c(NCC(C)O)nc2ccccc21. The lowest BCUT2D eigenvalue weighted by atomic mass is 10.2. The summed E-state index contributed by atoms with van der Waals surface area (Å²) in [6, 6.07) is 13.9. The van der Waals surface area contributed by atoms with Crippen LogP contribution in [0.4, 0.5) is 5.95 Å². The number of aliphatic hydroxyl groups is 1. The number of hydrogen-bond acceptors (Lipinski definition) is 4. The number of hydrogen-bond donors (Lipinski definition) is 2. The Labute approximate surface area is 149 Å². The Morgan fingerprint density at radius 1 is 1.29 bits per heavy atom. The monoisotopic (exact) mass is 389 g/mol. The number of nitrogens with one attached hydrogen (secondary N) is 1. The molecule has 2 aromatic carbocycles. The molecular weight excluding hydrogens is 370 g/mol. The number of nitrogens with zero attached hydrogens (tertiary/aromatic N) is 2. The molecule has 3 rings (SSSR count). The van der Waals surface area contributed by atoms with Crippen LogP contribution in [0.15, 0.2) is 46.9 Å². The van der Waals surface area contributed by atoms with Crippen molar-refractivity contribution in [1.82, 2.24) is 9.55 Å². The van der Waals surface area contributed by atoms with Crippen LogP contribution in [-0.4, -0.2) is 34.4 Å². The van der Waals surface area contributed by atoms with E-state index in [0.29, 0.717) is 13.1 Å². The summed E-state index contributed by atoms with van der Waals surface area (Å²) in [4.78, 5) is 4.65. The van der Waals surface area contributed by atoms with Crippen molar-refractivity contribution in [3.05, 3.63) is 52.5 Å². The summed E-state index contributed by atoms with van der Waals surface area (Å²) < 4.78 is 8.58. The molecule has 0 fully saturated rings. The fourth-order valence-corrected chi connectivity index (χ4v) is 3.06. The largest absolute Gasteiger partial charge is 0.496 e. The van der Waals surface area contributed by atoms with Crippen molar-refractivity contribution in [2.24, 2.45) is 0 Å². The molecule has 2 N–H and O–H groups in total. The highest BCUT2D eigenvalue weighted by Gasteiger charge is 2.13. The van der Waals surface area contributed by atoms with Gasteiger partial charge in [0.25, 0.3) is 0 Å². The first kappa shape index (κ1) is 16.8. The number of anilines is 1. The van der Waals surface area contributed by atoms with Gasteiger partial charge in [0.05, 0.1) is 30.8 Å². The van der Waals surface area contributed by atoms with Crippen LogP contribution >= 0.6 is 15.9 Å². The second-order valence-corrected chi connectivity index (χ2v) is 6.61. The van der Waals surface area contributed by atoms with Crippen molar-refractivity contribution in [2.45, 2.75) is 19.6 Å². The average Bonchev–Trinajstić information content (AvgIpc) is 2.91. The number of para-hydroxylation sites is 2. The molecule has 6 heteroatoms. The molecule has 5 nitrogen and oxygen atoms in total. The quantitative estimate of drug-likeness (QED) is 0.675. The van der Waals surface area contributed by atoms with Crippen LogP contribution in [0, 0.1) is 0 Å². The first-order valence-corrected chi connectivity index (χ1v) is 8.57. The molecule has 0 saturated heterocycles. The van der Waals surface area contributed by atoms with Crippen molar-refractivity contribution < 1.29 is 9.84 Å². The van der Waals surface area contributed by atoms with Gasteiger partial charge >= 0.3 is 0 Å². The van der Waals surface area contributed by atoms with Gasteiger partial charge in [0, 0.05) is 16.6 Å². The molecule has 0 bridgehead atoms. The van der Waals surface area contributed by atoms with Crippen LogP contribution in [0.25, 0.3) is 11.0 Å². The lowest BCUT2D eigenvalue weighted by Crippen LogP contribution is -2.18. The Morgan fingerprint density at radius 3 is 2.83 bits per heavy atom. The maximum Gasteiger partial charge on any atom is 0.204 e. The second kappa shape index (κ2) is 7.23.